The lowest BCUT2D eigenvalue weighted by molar-refractivity contribution is -0.126. The lowest BCUT2D eigenvalue weighted by atomic mass is 10.1. The average molecular weight is 380 g/mol. The first-order chi connectivity index (χ1) is 13.5. The Morgan fingerprint density at radius 1 is 1.04 bits per heavy atom. The number of methoxy groups -OCH3 is 1. The fourth-order valence-corrected chi connectivity index (χ4v) is 3.16. The van der Waals surface area contributed by atoms with Crippen molar-refractivity contribution >= 4 is 23.5 Å². The van der Waals surface area contributed by atoms with Gasteiger partial charge in [0.25, 0.3) is 0 Å². The number of carbonyl (C=O) groups is 2. The molecule has 0 aromatic heterocycles. The minimum Gasteiger partial charge on any atom is -0.504 e. The predicted molar refractivity (Wildman–Crippen MR) is 109 cm³/mol. The molecule has 0 atom stereocenters. The molecular weight excluding hydrogens is 356 g/mol. The summed E-state index contributed by atoms with van der Waals surface area (Å²) < 4.78 is 5.08. The van der Waals surface area contributed by atoms with Gasteiger partial charge in [-0.05, 0) is 55.0 Å². The first-order valence-corrected chi connectivity index (χ1v) is 9.18. The Kier molecular flexibility index (Phi) is 5.99. The standard InChI is InChI=1S/C22H24N2O4/c1-16(25)18-5-7-19(8-6-18)23-11-13-24(14-12-23)22(27)10-4-17-3-9-20(26)21(15-17)28-2/h3-10,15,26H,11-14H2,1-2H3/b10-4+. The number of amides is 1. The van der Waals surface area contributed by atoms with Crippen molar-refractivity contribution in [1.29, 1.82) is 0 Å². The van der Waals surface area contributed by atoms with Gasteiger partial charge in [-0.15, -0.1) is 0 Å². The Morgan fingerprint density at radius 3 is 2.32 bits per heavy atom. The lowest BCUT2D eigenvalue weighted by Crippen LogP contribution is -2.48. The van der Waals surface area contributed by atoms with Crippen LogP contribution in [0.5, 0.6) is 11.5 Å². The number of benzene rings is 2. The number of ketones is 1. The van der Waals surface area contributed by atoms with Crippen LogP contribution >= 0.6 is 0 Å². The van der Waals surface area contributed by atoms with Crippen molar-refractivity contribution in [3.05, 3.63) is 59.7 Å². The van der Waals surface area contributed by atoms with Gasteiger partial charge >= 0.3 is 0 Å². The van der Waals surface area contributed by atoms with Gasteiger partial charge < -0.3 is 19.6 Å². The van der Waals surface area contributed by atoms with E-state index >= 15 is 0 Å². The third-order valence-corrected chi connectivity index (χ3v) is 4.85. The second kappa shape index (κ2) is 8.61. The summed E-state index contributed by atoms with van der Waals surface area (Å²) >= 11 is 0. The summed E-state index contributed by atoms with van der Waals surface area (Å²) in [4.78, 5) is 27.9. The zero-order valence-corrected chi connectivity index (χ0v) is 16.1. The summed E-state index contributed by atoms with van der Waals surface area (Å²) in [6.45, 7) is 4.31. The van der Waals surface area contributed by atoms with E-state index in [2.05, 4.69) is 4.90 Å². The maximum Gasteiger partial charge on any atom is 0.246 e. The van der Waals surface area contributed by atoms with Crippen LogP contribution in [0.4, 0.5) is 5.69 Å². The predicted octanol–water partition coefficient (Wildman–Crippen LogP) is 2.97. The van der Waals surface area contributed by atoms with Gasteiger partial charge in [0.15, 0.2) is 17.3 Å². The van der Waals surface area contributed by atoms with Crippen LogP contribution in [-0.4, -0.2) is 55.0 Å². The fraction of sp³-hybridized carbons (Fsp3) is 0.273. The first-order valence-electron chi connectivity index (χ1n) is 9.18. The molecule has 0 aliphatic carbocycles. The molecule has 1 amide bonds. The fourth-order valence-electron chi connectivity index (χ4n) is 3.16. The normalized spacial score (nSPS) is 14.4. The van der Waals surface area contributed by atoms with Crippen molar-refractivity contribution < 1.29 is 19.4 Å². The molecule has 1 N–H and O–H groups in total. The molecule has 1 aliphatic rings. The van der Waals surface area contributed by atoms with Crippen LogP contribution in [0.2, 0.25) is 0 Å². The highest BCUT2D eigenvalue weighted by molar-refractivity contribution is 5.94. The van der Waals surface area contributed by atoms with Gasteiger partial charge in [-0.3, -0.25) is 9.59 Å². The molecule has 3 rings (SSSR count). The van der Waals surface area contributed by atoms with Crippen LogP contribution in [0, 0.1) is 0 Å². The smallest absolute Gasteiger partial charge is 0.246 e. The highest BCUT2D eigenvalue weighted by Crippen LogP contribution is 2.26. The molecule has 2 aromatic rings. The number of ether oxygens (including phenoxy) is 1. The SMILES string of the molecule is COc1cc(/C=C/C(=O)N2CCN(c3ccc(C(C)=O)cc3)CC2)ccc1O. The largest absolute Gasteiger partial charge is 0.504 e. The van der Waals surface area contributed by atoms with Crippen LogP contribution in [0.3, 0.4) is 0 Å². The Bertz CT molecular complexity index is 882. The molecule has 0 saturated carbocycles. The van der Waals surface area contributed by atoms with Crippen LogP contribution < -0.4 is 9.64 Å². The monoisotopic (exact) mass is 380 g/mol. The van der Waals surface area contributed by atoms with Gasteiger partial charge in [-0.1, -0.05) is 6.07 Å². The topological polar surface area (TPSA) is 70.1 Å². The summed E-state index contributed by atoms with van der Waals surface area (Å²) in [6, 6.07) is 12.5. The van der Waals surface area contributed by atoms with Crippen LogP contribution in [0.15, 0.2) is 48.5 Å². The number of aromatic hydroxyl groups is 1. The number of phenolic OH excluding ortho intramolecular Hbond substituents is 1. The molecule has 28 heavy (non-hydrogen) atoms. The maximum absolute atomic E-state index is 12.5. The Balaban J connectivity index is 1.57. The molecule has 2 aromatic carbocycles. The lowest BCUT2D eigenvalue weighted by Gasteiger charge is -2.35. The van der Waals surface area contributed by atoms with E-state index in [0.29, 0.717) is 24.4 Å². The van der Waals surface area contributed by atoms with Crippen molar-refractivity contribution in [1.82, 2.24) is 4.90 Å². The van der Waals surface area contributed by atoms with E-state index in [1.807, 2.05) is 29.2 Å². The van der Waals surface area contributed by atoms with Crippen LogP contribution in [0.1, 0.15) is 22.8 Å². The summed E-state index contributed by atoms with van der Waals surface area (Å²) in [5.41, 5.74) is 2.55. The van der Waals surface area contributed by atoms with E-state index in [4.69, 9.17) is 4.74 Å². The molecule has 1 heterocycles. The van der Waals surface area contributed by atoms with Gasteiger partial charge in [-0.25, -0.2) is 0 Å². The minimum absolute atomic E-state index is 0.0429. The molecule has 1 fully saturated rings. The van der Waals surface area contributed by atoms with Gasteiger partial charge in [-0.2, -0.15) is 0 Å². The van der Waals surface area contributed by atoms with Crippen LogP contribution in [0.25, 0.3) is 6.08 Å². The van der Waals surface area contributed by atoms with Gasteiger partial charge in [0, 0.05) is 43.5 Å². The Labute approximate surface area is 164 Å². The number of carbonyl (C=O) groups excluding carboxylic acids is 2. The molecule has 0 radical (unpaired) electrons. The molecule has 146 valence electrons. The first kappa shape index (κ1) is 19.5. The molecule has 1 aliphatic heterocycles. The quantitative estimate of drug-likeness (QED) is 0.638. The molecular formula is C22H24N2O4. The second-order valence-corrected chi connectivity index (χ2v) is 6.68. The number of anilines is 1. The zero-order valence-electron chi connectivity index (χ0n) is 16.1. The number of nitrogens with zero attached hydrogens (tertiary/aromatic N) is 2. The van der Waals surface area contributed by atoms with Crippen molar-refractivity contribution in [2.75, 3.05) is 38.2 Å². The number of hydrogen-bond donors (Lipinski definition) is 1. The van der Waals surface area contributed by atoms with Gasteiger partial charge in [0.2, 0.25) is 5.91 Å². The van der Waals surface area contributed by atoms with E-state index in [-0.39, 0.29) is 17.4 Å². The molecule has 0 bridgehead atoms. The van der Waals surface area contributed by atoms with Crippen molar-refractivity contribution in [3.8, 4) is 11.5 Å². The van der Waals surface area contributed by atoms with E-state index in [1.54, 1.807) is 37.3 Å². The van der Waals surface area contributed by atoms with Crippen LogP contribution in [-0.2, 0) is 4.79 Å². The Morgan fingerprint density at radius 2 is 1.71 bits per heavy atom. The van der Waals surface area contributed by atoms with E-state index in [0.717, 1.165) is 24.3 Å². The summed E-state index contributed by atoms with van der Waals surface area (Å²) in [5, 5.41) is 9.63. The molecule has 6 heteroatoms. The Hall–Kier alpha value is -3.28. The summed E-state index contributed by atoms with van der Waals surface area (Å²) in [5.74, 6) is 0.455. The van der Waals surface area contributed by atoms with Gasteiger partial charge in [0.1, 0.15) is 0 Å². The number of Topliss-reactive ketones (excluding diaryl/α,β-unsaturated/α-hetero) is 1. The third kappa shape index (κ3) is 4.52. The highest BCUT2D eigenvalue weighted by atomic mass is 16.5. The van der Waals surface area contributed by atoms with Crippen molar-refractivity contribution in [2.45, 2.75) is 6.92 Å². The second-order valence-electron chi connectivity index (χ2n) is 6.68. The van der Waals surface area contributed by atoms with Crippen molar-refractivity contribution in [2.24, 2.45) is 0 Å². The molecule has 0 unspecified atom stereocenters. The number of piperazine rings is 1. The van der Waals surface area contributed by atoms with E-state index < -0.39 is 0 Å². The number of rotatable bonds is 5. The van der Waals surface area contributed by atoms with E-state index in [1.165, 1.54) is 7.11 Å². The van der Waals surface area contributed by atoms with Crippen molar-refractivity contribution in [3.63, 3.8) is 0 Å². The summed E-state index contributed by atoms with van der Waals surface area (Å²) in [7, 11) is 1.49. The molecule has 6 nitrogen and oxygen atoms in total. The third-order valence-electron chi connectivity index (χ3n) is 4.85. The molecule has 0 spiro atoms. The molecule has 1 saturated heterocycles. The number of hydrogen-bond acceptors (Lipinski definition) is 5. The summed E-state index contributed by atoms with van der Waals surface area (Å²) in [6.07, 6.45) is 3.26. The number of phenols is 1. The zero-order chi connectivity index (χ0) is 20.1. The van der Waals surface area contributed by atoms with E-state index in [9.17, 15) is 14.7 Å². The maximum atomic E-state index is 12.5. The van der Waals surface area contributed by atoms with Gasteiger partial charge in [0.05, 0.1) is 7.11 Å². The highest BCUT2D eigenvalue weighted by Gasteiger charge is 2.20. The average Bonchev–Trinajstić information content (AvgIpc) is 2.73. The minimum atomic E-state index is -0.0429.